The van der Waals surface area contributed by atoms with E-state index in [0.29, 0.717) is 0 Å². The zero-order valence-corrected chi connectivity index (χ0v) is 17.4. The van der Waals surface area contributed by atoms with Crippen molar-refractivity contribution in [2.45, 2.75) is 19.2 Å². The van der Waals surface area contributed by atoms with E-state index < -0.39 is 0 Å². The van der Waals surface area contributed by atoms with Gasteiger partial charge in [-0.25, -0.2) is 0 Å². The average Bonchev–Trinajstić information content (AvgIpc) is 2.62. The van der Waals surface area contributed by atoms with E-state index in [1.54, 1.807) is 0 Å². The van der Waals surface area contributed by atoms with Gasteiger partial charge >= 0.3 is 0 Å². The molecule has 3 aromatic rings. The summed E-state index contributed by atoms with van der Waals surface area (Å²) in [5.74, 6) is 0. The van der Waals surface area contributed by atoms with Crippen LogP contribution in [0.4, 0.5) is 0 Å². The Hall–Kier alpha value is -1.05. The van der Waals surface area contributed by atoms with Crippen molar-refractivity contribution in [3.05, 3.63) is 77.4 Å². The molecular formula is C21H23P3. The summed E-state index contributed by atoms with van der Waals surface area (Å²) in [5, 5.41) is 1.21. The molecule has 0 fully saturated rings. The van der Waals surface area contributed by atoms with Crippen molar-refractivity contribution in [2.24, 2.45) is 0 Å². The van der Waals surface area contributed by atoms with Crippen molar-refractivity contribution in [2.75, 3.05) is 0 Å². The molecule has 0 bridgehead atoms. The Morgan fingerprint density at radius 2 is 1.25 bits per heavy atom. The Morgan fingerprint density at radius 3 is 1.88 bits per heavy atom. The standard InChI is InChI=1S/C21H23P3/c1-14-10-16(17-2-3-18(12-22)19(11-17)13-23)6-9-21(14)15-4-7-20(24)8-5-15/h2-11H,12-13,22-24H2,1H3. The fourth-order valence-corrected chi connectivity index (χ4v) is 4.00. The van der Waals surface area contributed by atoms with E-state index in [-0.39, 0.29) is 0 Å². The van der Waals surface area contributed by atoms with Crippen LogP contribution in [0.25, 0.3) is 22.3 Å². The molecule has 0 spiro atoms. The highest BCUT2D eigenvalue weighted by atomic mass is 31.0. The average molecular weight is 368 g/mol. The Kier molecular flexibility index (Phi) is 5.84. The fourth-order valence-electron chi connectivity index (χ4n) is 3.02. The first kappa shape index (κ1) is 17.8. The van der Waals surface area contributed by atoms with Crippen LogP contribution in [-0.4, -0.2) is 0 Å². The molecule has 3 rings (SSSR count). The summed E-state index contributed by atoms with van der Waals surface area (Å²) < 4.78 is 0. The van der Waals surface area contributed by atoms with Gasteiger partial charge in [-0.1, -0.05) is 60.7 Å². The van der Waals surface area contributed by atoms with Crippen molar-refractivity contribution < 1.29 is 0 Å². The van der Waals surface area contributed by atoms with E-state index >= 15 is 0 Å². The molecule has 0 heterocycles. The Bertz CT molecular complexity index is 851. The predicted octanol–water partition coefficient (Wildman–Crippen LogP) is 5.58. The molecule has 3 heteroatoms. The van der Waals surface area contributed by atoms with Crippen molar-refractivity contribution in [3.63, 3.8) is 0 Å². The number of rotatable bonds is 4. The van der Waals surface area contributed by atoms with Crippen LogP contribution in [0.2, 0.25) is 0 Å². The Balaban J connectivity index is 1.99. The highest BCUT2D eigenvalue weighted by molar-refractivity contribution is 7.27. The van der Waals surface area contributed by atoms with Gasteiger partial charge in [0.05, 0.1) is 0 Å². The molecule has 0 N–H and O–H groups in total. The van der Waals surface area contributed by atoms with E-state index in [4.69, 9.17) is 0 Å². The van der Waals surface area contributed by atoms with E-state index in [1.165, 1.54) is 44.2 Å². The molecule has 0 saturated heterocycles. The number of aryl methyl sites for hydroxylation is 1. The molecule has 24 heavy (non-hydrogen) atoms. The predicted molar refractivity (Wildman–Crippen MR) is 118 cm³/mol. The lowest BCUT2D eigenvalue weighted by atomic mass is 9.94. The van der Waals surface area contributed by atoms with Gasteiger partial charge in [0.1, 0.15) is 0 Å². The van der Waals surface area contributed by atoms with Crippen molar-refractivity contribution in [1.29, 1.82) is 0 Å². The molecule has 0 aliphatic carbocycles. The maximum absolute atomic E-state index is 2.84. The summed E-state index contributed by atoms with van der Waals surface area (Å²) in [7, 11) is 8.40. The van der Waals surface area contributed by atoms with Crippen LogP contribution in [0.5, 0.6) is 0 Å². The summed E-state index contributed by atoms with van der Waals surface area (Å²) in [6.07, 6.45) is 2.00. The van der Waals surface area contributed by atoms with Crippen LogP contribution >= 0.6 is 27.7 Å². The lowest BCUT2D eigenvalue weighted by Gasteiger charge is -2.12. The van der Waals surface area contributed by atoms with Crippen LogP contribution in [0, 0.1) is 6.92 Å². The van der Waals surface area contributed by atoms with Crippen molar-refractivity contribution in [1.82, 2.24) is 0 Å². The summed E-state index contributed by atoms with van der Waals surface area (Å²) in [4.78, 5) is 0. The third kappa shape index (κ3) is 3.78. The minimum absolute atomic E-state index is 0.996. The Labute approximate surface area is 152 Å². The van der Waals surface area contributed by atoms with Crippen LogP contribution in [0.15, 0.2) is 60.7 Å². The normalized spacial score (nSPS) is 10.8. The highest BCUT2D eigenvalue weighted by Gasteiger charge is 2.07. The van der Waals surface area contributed by atoms with Gasteiger partial charge in [-0.3, -0.25) is 0 Å². The van der Waals surface area contributed by atoms with E-state index in [2.05, 4.69) is 95.3 Å². The molecule has 0 nitrogen and oxygen atoms in total. The molecular weight excluding hydrogens is 345 g/mol. The van der Waals surface area contributed by atoms with E-state index in [1.807, 2.05) is 0 Å². The van der Waals surface area contributed by atoms with Crippen LogP contribution in [-0.2, 0) is 12.3 Å². The Morgan fingerprint density at radius 1 is 0.667 bits per heavy atom. The minimum atomic E-state index is 0.996. The molecule has 3 aromatic carbocycles. The topological polar surface area (TPSA) is 0 Å². The largest absolute Gasteiger partial charge is 0.133 e. The fraction of sp³-hybridized carbons (Fsp3) is 0.143. The summed E-state index contributed by atoms with van der Waals surface area (Å²) in [5.41, 5.74) is 9.28. The zero-order valence-electron chi connectivity index (χ0n) is 13.9. The molecule has 3 unspecified atom stereocenters. The summed E-state index contributed by atoms with van der Waals surface area (Å²) in [6, 6.07) is 22.2. The van der Waals surface area contributed by atoms with Gasteiger partial charge < -0.3 is 0 Å². The SMILES string of the molecule is Cc1cc(-c2ccc(CP)c(CP)c2)ccc1-c1ccc(P)cc1. The first-order valence-electron chi connectivity index (χ1n) is 8.11. The first-order valence-corrected chi connectivity index (χ1v) is 10.3. The van der Waals surface area contributed by atoms with Gasteiger partial charge in [-0.2, -0.15) is 0 Å². The number of benzene rings is 3. The number of hydrogen-bond acceptors (Lipinski definition) is 0. The second kappa shape index (κ2) is 7.89. The maximum atomic E-state index is 2.84. The third-order valence-corrected chi connectivity index (χ3v) is 5.69. The molecule has 0 radical (unpaired) electrons. The summed E-state index contributed by atoms with van der Waals surface area (Å²) in [6.45, 7) is 2.20. The molecule has 0 saturated carbocycles. The third-order valence-electron chi connectivity index (χ3n) is 4.43. The molecule has 0 aromatic heterocycles. The highest BCUT2D eigenvalue weighted by Crippen LogP contribution is 2.30. The number of hydrogen-bond donors (Lipinski definition) is 0. The molecule has 0 aliphatic heterocycles. The van der Waals surface area contributed by atoms with Gasteiger partial charge in [0, 0.05) is 0 Å². The van der Waals surface area contributed by atoms with E-state index in [9.17, 15) is 0 Å². The van der Waals surface area contributed by atoms with Crippen LogP contribution < -0.4 is 5.30 Å². The molecule has 0 aliphatic rings. The van der Waals surface area contributed by atoms with Gasteiger partial charge in [0.25, 0.3) is 0 Å². The molecule has 3 atom stereocenters. The lowest BCUT2D eigenvalue weighted by molar-refractivity contribution is 1.28. The zero-order chi connectivity index (χ0) is 17.1. The van der Waals surface area contributed by atoms with Gasteiger partial charge in [-0.15, -0.1) is 27.7 Å². The van der Waals surface area contributed by atoms with Gasteiger partial charge in [0.2, 0.25) is 0 Å². The monoisotopic (exact) mass is 368 g/mol. The van der Waals surface area contributed by atoms with Gasteiger partial charge in [0.15, 0.2) is 0 Å². The lowest BCUT2D eigenvalue weighted by Crippen LogP contribution is -1.92. The van der Waals surface area contributed by atoms with Crippen LogP contribution in [0.3, 0.4) is 0 Å². The quantitative estimate of drug-likeness (QED) is 0.528. The van der Waals surface area contributed by atoms with Gasteiger partial charge in [-0.05, 0) is 63.5 Å². The minimum Gasteiger partial charge on any atom is -0.133 e. The molecule has 122 valence electrons. The smallest absolute Gasteiger partial charge is 0.0125 e. The molecule has 0 amide bonds. The van der Waals surface area contributed by atoms with E-state index in [0.717, 1.165) is 12.3 Å². The maximum Gasteiger partial charge on any atom is -0.0125 e. The second-order valence-electron chi connectivity index (χ2n) is 6.04. The van der Waals surface area contributed by atoms with Crippen molar-refractivity contribution in [3.8, 4) is 22.3 Å². The first-order chi connectivity index (χ1) is 11.6. The summed E-state index contributed by atoms with van der Waals surface area (Å²) >= 11 is 0. The van der Waals surface area contributed by atoms with Crippen molar-refractivity contribution >= 4 is 33.0 Å². The second-order valence-corrected chi connectivity index (χ2v) is 7.53. The van der Waals surface area contributed by atoms with Crippen LogP contribution in [0.1, 0.15) is 16.7 Å².